The van der Waals surface area contributed by atoms with E-state index in [1.54, 1.807) is 7.05 Å². The predicted molar refractivity (Wildman–Crippen MR) is 46.5 cm³/mol. The lowest BCUT2D eigenvalue weighted by Gasteiger charge is -2.08. The second-order valence-corrected chi connectivity index (χ2v) is 3.26. The summed E-state index contributed by atoms with van der Waals surface area (Å²) in [6.07, 6.45) is -3.21. The summed E-state index contributed by atoms with van der Waals surface area (Å²) >= 11 is 0. The van der Waals surface area contributed by atoms with Gasteiger partial charge < -0.3 is 10.1 Å². The van der Waals surface area contributed by atoms with Crippen LogP contribution in [-0.4, -0.2) is 18.6 Å². The quantitative estimate of drug-likeness (QED) is 0.779. The molecule has 1 atom stereocenters. The lowest BCUT2D eigenvalue weighted by atomic mass is 10.1. The first-order valence-corrected chi connectivity index (χ1v) is 4.39. The first kappa shape index (κ1) is 10.2. The van der Waals surface area contributed by atoms with Gasteiger partial charge in [-0.15, -0.1) is 0 Å². The third kappa shape index (κ3) is 1.77. The number of aromatic nitrogens is 1. The van der Waals surface area contributed by atoms with E-state index in [-0.39, 0.29) is 11.8 Å². The molecule has 1 unspecified atom stereocenters. The molecule has 6 heteroatoms. The zero-order valence-electron chi connectivity index (χ0n) is 7.93. The molecule has 2 heterocycles. The fraction of sp³-hybridized carbons (Fsp3) is 0.444. The summed E-state index contributed by atoms with van der Waals surface area (Å²) in [4.78, 5) is 3.37. The molecule has 3 nitrogen and oxygen atoms in total. The van der Waals surface area contributed by atoms with E-state index >= 15 is 0 Å². The van der Waals surface area contributed by atoms with Crippen LogP contribution in [0, 0.1) is 0 Å². The molecular weight excluding hydrogens is 209 g/mol. The van der Waals surface area contributed by atoms with Gasteiger partial charge in [-0.05, 0) is 7.05 Å². The molecule has 15 heavy (non-hydrogen) atoms. The molecule has 0 spiro atoms. The van der Waals surface area contributed by atoms with E-state index < -0.39 is 11.9 Å². The minimum Gasteiger partial charge on any atom is -0.491 e. The van der Waals surface area contributed by atoms with Crippen LogP contribution >= 0.6 is 0 Å². The highest BCUT2D eigenvalue weighted by molar-refractivity contribution is 5.39. The largest absolute Gasteiger partial charge is 0.491 e. The van der Waals surface area contributed by atoms with Gasteiger partial charge in [-0.2, -0.15) is 13.2 Å². The summed E-state index contributed by atoms with van der Waals surface area (Å²) in [5.41, 5.74) is -0.247. The normalized spacial score (nSPS) is 19.9. The van der Waals surface area contributed by atoms with E-state index in [0.717, 1.165) is 6.07 Å². The van der Waals surface area contributed by atoms with Crippen molar-refractivity contribution in [3.05, 3.63) is 23.5 Å². The maximum absolute atomic E-state index is 12.3. The Morgan fingerprint density at radius 1 is 1.53 bits per heavy atom. The third-order valence-electron chi connectivity index (χ3n) is 2.31. The van der Waals surface area contributed by atoms with Crippen molar-refractivity contribution in [1.29, 1.82) is 0 Å². The second-order valence-electron chi connectivity index (χ2n) is 3.26. The lowest BCUT2D eigenvalue weighted by Crippen LogP contribution is -2.17. The summed E-state index contributed by atoms with van der Waals surface area (Å²) < 4.78 is 42.0. The van der Waals surface area contributed by atoms with Crippen LogP contribution in [-0.2, 0) is 6.18 Å². The standard InChI is InChI=1S/C9H9F3N2O/c1-13-6-4-15-7-2-8(9(10,11)12)14-3-5(6)7/h2-3,6,13H,4H2,1H3. The number of hydrogen-bond acceptors (Lipinski definition) is 3. The number of nitrogens with zero attached hydrogens (tertiary/aromatic N) is 1. The molecule has 2 rings (SSSR count). The SMILES string of the molecule is CNC1COc2cc(C(F)(F)F)ncc21. The first-order valence-electron chi connectivity index (χ1n) is 4.39. The number of likely N-dealkylation sites (N-methyl/N-ethyl adjacent to an activating group) is 1. The van der Waals surface area contributed by atoms with Crippen LogP contribution in [0.2, 0.25) is 0 Å². The smallest absolute Gasteiger partial charge is 0.433 e. The Bertz CT molecular complexity index is 378. The predicted octanol–water partition coefficient (Wildman–Crippen LogP) is 1.75. The van der Waals surface area contributed by atoms with Gasteiger partial charge in [0, 0.05) is 17.8 Å². The van der Waals surface area contributed by atoms with Crippen molar-refractivity contribution in [2.45, 2.75) is 12.2 Å². The fourth-order valence-electron chi connectivity index (χ4n) is 1.49. The highest BCUT2D eigenvalue weighted by atomic mass is 19.4. The van der Waals surface area contributed by atoms with Crippen LogP contribution in [0.4, 0.5) is 13.2 Å². The number of rotatable bonds is 1. The zero-order valence-corrected chi connectivity index (χ0v) is 7.93. The van der Waals surface area contributed by atoms with Crippen molar-refractivity contribution in [1.82, 2.24) is 10.3 Å². The molecular formula is C9H9F3N2O. The summed E-state index contributed by atoms with van der Waals surface area (Å²) in [5.74, 6) is 0.261. The number of fused-ring (bicyclic) bond motifs is 1. The molecule has 0 aliphatic carbocycles. The Balaban J connectivity index is 2.37. The second kappa shape index (κ2) is 3.37. The average molecular weight is 218 g/mol. The van der Waals surface area contributed by atoms with E-state index in [2.05, 4.69) is 10.3 Å². The molecule has 0 amide bonds. The van der Waals surface area contributed by atoms with Crippen LogP contribution in [0.3, 0.4) is 0 Å². The topological polar surface area (TPSA) is 34.1 Å². The molecule has 0 saturated carbocycles. The lowest BCUT2D eigenvalue weighted by molar-refractivity contribution is -0.141. The van der Waals surface area contributed by atoms with E-state index in [1.807, 2.05) is 0 Å². The minimum atomic E-state index is -4.42. The highest BCUT2D eigenvalue weighted by Gasteiger charge is 2.35. The molecule has 1 aromatic rings. The number of alkyl halides is 3. The third-order valence-corrected chi connectivity index (χ3v) is 2.31. The van der Waals surface area contributed by atoms with Crippen molar-refractivity contribution in [2.24, 2.45) is 0 Å². The molecule has 0 aromatic carbocycles. The molecule has 82 valence electrons. The van der Waals surface area contributed by atoms with Gasteiger partial charge in [0.2, 0.25) is 0 Å². The molecule has 0 fully saturated rings. The van der Waals surface area contributed by atoms with Crippen LogP contribution in [0.5, 0.6) is 5.75 Å². The average Bonchev–Trinajstić information content (AvgIpc) is 2.58. The van der Waals surface area contributed by atoms with Crippen LogP contribution in [0.15, 0.2) is 12.3 Å². The maximum Gasteiger partial charge on any atom is 0.433 e. The van der Waals surface area contributed by atoms with Gasteiger partial charge in [-0.1, -0.05) is 0 Å². The summed E-state index contributed by atoms with van der Waals surface area (Å²) in [6.45, 7) is 0.342. The molecule has 1 aliphatic rings. The van der Waals surface area contributed by atoms with Gasteiger partial charge >= 0.3 is 6.18 Å². The minimum absolute atomic E-state index is 0.0743. The molecule has 0 saturated heterocycles. The van der Waals surface area contributed by atoms with Crippen LogP contribution < -0.4 is 10.1 Å². The van der Waals surface area contributed by atoms with E-state index in [4.69, 9.17) is 4.74 Å². The Kier molecular flexibility index (Phi) is 2.30. The Morgan fingerprint density at radius 3 is 2.87 bits per heavy atom. The van der Waals surface area contributed by atoms with Crippen LogP contribution in [0.1, 0.15) is 17.3 Å². The van der Waals surface area contributed by atoms with E-state index in [0.29, 0.717) is 12.2 Å². The molecule has 1 aliphatic heterocycles. The van der Waals surface area contributed by atoms with Crippen molar-refractivity contribution in [3.63, 3.8) is 0 Å². The molecule has 1 aromatic heterocycles. The zero-order chi connectivity index (χ0) is 11.1. The van der Waals surface area contributed by atoms with E-state index in [1.165, 1.54) is 6.20 Å². The Morgan fingerprint density at radius 2 is 2.27 bits per heavy atom. The number of nitrogens with one attached hydrogen (secondary N) is 1. The van der Waals surface area contributed by atoms with Crippen molar-refractivity contribution < 1.29 is 17.9 Å². The van der Waals surface area contributed by atoms with Crippen LogP contribution in [0.25, 0.3) is 0 Å². The van der Waals surface area contributed by atoms with Gasteiger partial charge in [0.1, 0.15) is 18.1 Å². The molecule has 0 bridgehead atoms. The number of hydrogen-bond donors (Lipinski definition) is 1. The maximum atomic E-state index is 12.3. The summed E-state index contributed by atoms with van der Waals surface area (Å²) in [6, 6.07) is 0.863. The monoisotopic (exact) mass is 218 g/mol. The van der Waals surface area contributed by atoms with Gasteiger partial charge in [0.15, 0.2) is 0 Å². The van der Waals surface area contributed by atoms with Gasteiger partial charge in [0.05, 0.1) is 6.04 Å². The molecule has 1 N–H and O–H groups in total. The summed E-state index contributed by atoms with van der Waals surface area (Å²) in [5, 5.41) is 2.93. The number of ether oxygens (including phenoxy) is 1. The Hall–Kier alpha value is -1.30. The highest BCUT2D eigenvalue weighted by Crippen LogP contribution is 2.36. The number of pyridine rings is 1. The van der Waals surface area contributed by atoms with Gasteiger partial charge in [0.25, 0.3) is 0 Å². The molecule has 0 radical (unpaired) electrons. The van der Waals surface area contributed by atoms with Gasteiger partial charge in [-0.25, -0.2) is 0 Å². The van der Waals surface area contributed by atoms with Crippen molar-refractivity contribution in [3.8, 4) is 5.75 Å². The van der Waals surface area contributed by atoms with Crippen molar-refractivity contribution >= 4 is 0 Å². The Labute approximate surface area is 84.3 Å². The first-order chi connectivity index (χ1) is 7.02. The van der Waals surface area contributed by atoms with Crippen molar-refractivity contribution in [2.75, 3.05) is 13.7 Å². The fourth-order valence-corrected chi connectivity index (χ4v) is 1.49. The summed E-state index contributed by atoms with van der Waals surface area (Å²) in [7, 11) is 1.72. The van der Waals surface area contributed by atoms with Gasteiger partial charge in [-0.3, -0.25) is 4.98 Å². The number of halogens is 3. The van der Waals surface area contributed by atoms with E-state index in [9.17, 15) is 13.2 Å².